The number of nitrogens with one attached hydrogen (secondary N) is 1. The minimum absolute atomic E-state index is 0.261. The zero-order valence-corrected chi connectivity index (χ0v) is 12.1. The molecule has 0 heterocycles. The Labute approximate surface area is 116 Å². The van der Waals surface area contributed by atoms with Gasteiger partial charge < -0.3 is 10.1 Å². The minimum atomic E-state index is 0.261. The van der Waals surface area contributed by atoms with Crippen molar-refractivity contribution in [3.05, 3.63) is 58.6 Å². The van der Waals surface area contributed by atoms with Crippen molar-refractivity contribution >= 4 is 15.9 Å². The molecule has 2 nitrogen and oxygen atoms in total. The second kappa shape index (κ2) is 6.03. The lowest BCUT2D eigenvalue weighted by atomic mass is 10.1. The zero-order valence-electron chi connectivity index (χ0n) is 10.5. The SMILES string of the molecule is CNC(C)c1ccccc1Oc1ccc(Br)cc1. The topological polar surface area (TPSA) is 21.3 Å². The number of ether oxygens (including phenoxy) is 1. The molecule has 0 aromatic heterocycles. The molecule has 2 aromatic rings. The van der Waals surface area contributed by atoms with Crippen molar-refractivity contribution in [1.29, 1.82) is 0 Å². The van der Waals surface area contributed by atoms with Crippen molar-refractivity contribution in [1.82, 2.24) is 5.32 Å². The van der Waals surface area contributed by atoms with Gasteiger partial charge in [-0.05, 0) is 44.3 Å². The predicted molar refractivity (Wildman–Crippen MR) is 78.1 cm³/mol. The van der Waals surface area contributed by atoms with Gasteiger partial charge in [0.15, 0.2) is 0 Å². The van der Waals surface area contributed by atoms with Gasteiger partial charge in [-0.15, -0.1) is 0 Å². The van der Waals surface area contributed by atoms with Crippen LogP contribution in [0.4, 0.5) is 0 Å². The maximum atomic E-state index is 5.93. The van der Waals surface area contributed by atoms with Crippen LogP contribution >= 0.6 is 15.9 Å². The predicted octanol–water partition coefficient (Wildman–Crippen LogP) is 4.52. The van der Waals surface area contributed by atoms with Gasteiger partial charge in [0.25, 0.3) is 0 Å². The minimum Gasteiger partial charge on any atom is -0.457 e. The second-order valence-corrected chi connectivity index (χ2v) is 5.02. The number of para-hydroxylation sites is 1. The molecule has 0 aliphatic rings. The fourth-order valence-corrected chi connectivity index (χ4v) is 1.98. The van der Waals surface area contributed by atoms with Crippen LogP contribution in [0.15, 0.2) is 53.0 Å². The van der Waals surface area contributed by atoms with E-state index in [9.17, 15) is 0 Å². The summed E-state index contributed by atoms with van der Waals surface area (Å²) in [5, 5.41) is 3.23. The van der Waals surface area contributed by atoms with Gasteiger partial charge in [-0.1, -0.05) is 34.1 Å². The molecule has 0 aliphatic heterocycles. The first-order valence-corrected chi connectivity index (χ1v) is 6.69. The van der Waals surface area contributed by atoms with E-state index in [2.05, 4.69) is 34.2 Å². The lowest BCUT2D eigenvalue weighted by Crippen LogP contribution is -2.13. The molecule has 0 saturated carbocycles. The van der Waals surface area contributed by atoms with Crippen LogP contribution in [0.3, 0.4) is 0 Å². The van der Waals surface area contributed by atoms with Gasteiger partial charge in [0.1, 0.15) is 11.5 Å². The maximum absolute atomic E-state index is 5.93. The monoisotopic (exact) mass is 305 g/mol. The summed E-state index contributed by atoms with van der Waals surface area (Å²) in [6.07, 6.45) is 0. The van der Waals surface area contributed by atoms with Crippen LogP contribution in [0.25, 0.3) is 0 Å². The van der Waals surface area contributed by atoms with E-state index < -0.39 is 0 Å². The maximum Gasteiger partial charge on any atom is 0.132 e. The van der Waals surface area contributed by atoms with E-state index in [0.717, 1.165) is 21.5 Å². The van der Waals surface area contributed by atoms with Crippen LogP contribution in [-0.4, -0.2) is 7.05 Å². The first kappa shape index (κ1) is 13.1. The highest BCUT2D eigenvalue weighted by molar-refractivity contribution is 9.10. The van der Waals surface area contributed by atoms with Crippen LogP contribution in [0.2, 0.25) is 0 Å². The van der Waals surface area contributed by atoms with Crippen molar-refractivity contribution in [3.8, 4) is 11.5 Å². The van der Waals surface area contributed by atoms with E-state index in [4.69, 9.17) is 4.74 Å². The summed E-state index contributed by atoms with van der Waals surface area (Å²) in [6.45, 7) is 2.11. The van der Waals surface area contributed by atoms with E-state index in [-0.39, 0.29) is 6.04 Å². The van der Waals surface area contributed by atoms with Gasteiger partial charge in [0.05, 0.1) is 0 Å². The molecular formula is C15H16BrNO. The highest BCUT2D eigenvalue weighted by Crippen LogP contribution is 2.29. The molecule has 1 atom stereocenters. The Bertz CT molecular complexity index is 510. The molecule has 0 spiro atoms. The molecule has 0 amide bonds. The summed E-state index contributed by atoms with van der Waals surface area (Å²) < 4.78 is 6.97. The van der Waals surface area contributed by atoms with Gasteiger partial charge in [-0.2, -0.15) is 0 Å². The Morgan fingerprint density at radius 3 is 2.39 bits per heavy atom. The van der Waals surface area contributed by atoms with E-state index in [1.54, 1.807) is 0 Å². The van der Waals surface area contributed by atoms with Gasteiger partial charge in [-0.3, -0.25) is 0 Å². The fourth-order valence-electron chi connectivity index (χ4n) is 1.72. The molecule has 1 unspecified atom stereocenters. The van der Waals surface area contributed by atoms with Gasteiger partial charge in [-0.25, -0.2) is 0 Å². The third kappa shape index (κ3) is 3.12. The molecule has 2 rings (SSSR count). The highest BCUT2D eigenvalue weighted by atomic mass is 79.9. The van der Waals surface area contributed by atoms with E-state index in [0.29, 0.717) is 0 Å². The summed E-state index contributed by atoms with van der Waals surface area (Å²) in [5.74, 6) is 1.73. The number of hydrogen-bond donors (Lipinski definition) is 1. The summed E-state index contributed by atoms with van der Waals surface area (Å²) in [4.78, 5) is 0. The molecule has 18 heavy (non-hydrogen) atoms. The number of halogens is 1. The largest absolute Gasteiger partial charge is 0.457 e. The lowest BCUT2D eigenvalue weighted by molar-refractivity contribution is 0.466. The van der Waals surface area contributed by atoms with E-state index in [1.165, 1.54) is 0 Å². The Morgan fingerprint density at radius 2 is 1.72 bits per heavy atom. The van der Waals surface area contributed by atoms with E-state index in [1.807, 2.05) is 49.5 Å². The summed E-state index contributed by atoms with van der Waals surface area (Å²) in [6, 6.07) is 16.2. The quantitative estimate of drug-likeness (QED) is 0.896. The van der Waals surface area contributed by atoms with Crippen molar-refractivity contribution in [2.24, 2.45) is 0 Å². The molecule has 3 heteroatoms. The van der Waals surface area contributed by atoms with Crippen molar-refractivity contribution in [2.75, 3.05) is 7.05 Å². The van der Waals surface area contributed by atoms with Crippen molar-refractivity contribution in [3.63, 3.8) is 0 Å². The Morgan fingerprint density at radius 1 is 1.06 bits per heavy atom. The average molecular weight is 306 g/mol. The molecule has 94 valence electrons. The molecule has 0 bridgehead atoms. The van der Waals surface area contributed by atoms with E-state index >= 15 is 0 Å². The van der Waals surface area contributed by atoms with Crippen LogP contribution in [0.1, 0.15) is 18.5 Å². The Hall–Kier alpha value is -1.32. The Kier molecular flexibility index (Phi) is 4.39. The number of rotatable bonds is 4. The first-order valence-electron chi connectivity index (χ1n) is 5.90. The van der Waals surface area contributed by atoms with Crippen LogP contribution in [0, 0.1) is 0 Å². The lowest BCUT2D eigenvalue weighted by Gasteiger charge is -2.16. The summed E-state index contributed by atoms with van der Waals surface area (Å²) in [5.41, 5.74) is 1.16. The third-order valence-electron chi connectivity index (χ3n) is 2.86. The molecule has 1 N–H and O–H groups in total. The highest BCUT2D eigenvalue weighted by Gasteiger charge is 2.09. The molecular weight excluding hydrogens is 290 g/mol. The fraction of sp³-hybridized carbons (Fsp3) is 0.200. The normalized spacial score (nSPS) is 12.2. The smallest absolute Gasteiger partial charge is 0.132 e. The average Bonchev–Trinajstić information content (AvgIpc) is 2.41. The van der Waals surface area contributed by atoms with Crippen LogP contribution in [0.5, 0.6) is 11.5 Å². The molecule has 2 aromatic carbocycles. The Balaban J connectivity index is 2.26. The number of hydrogen-bond acceptors (Lipinski definition) is 2. The third-order valence-corrected chi connectivity index (χ3v) is 3.39. The standard InChI is InChI=1S/C15H16BrNO/c1-11(17-2)14-5-3-4-6-15(14)18-13-9-7-12(16)8-10-13/h3-11,17H,1-2H3. The van der Waals surface area contributed by atoms with Gasteiger partial charge in [0, 0.05) is 16.1 Å². The number of benzene rings is 2. The zero-order chi connectivity index (χ0) is 13.0. The van der Waals surface area contributed by atoms with Crippen molar-refractivity contribution < 1.29 is 4.74 Å². The van der Waals surface area contributed by atoms with Gasteiger partial charge in [0.2, 0.25) is 0 Å². The first-order chi connectivity index (χ1) is 8.70. The summed E-state index contributed by atoms with van der Waals surface area (Å²) in [7, 11) is 1.95. The summed E-state index contributed by atoms with van der Waals surface area (Å²) >= 11 is 3.41. The second-order valence-electron chi connectivity index (χ2n) is 4.10. The van der Waals surface area contributed by atoms with Gasteiger partial charge >= 0.3 is 0 Å². The van der Waals surface area contributed by atoms with Crippen LogP contribution < -0.4 is 10.1 Å². The molecule has 0 radical (unpaired) electrons. The molecule has 0 saturated heterocycles. The van der Waals surface area contributed by atoms with Crippen molar-refractivity contribution in [2.45, 2.75) is 13.0 Å². The van der Waals surface area contributed by atoms with Crippen LogP contribution in [-0.2, 0) is 0 Å². The molecule has 0 aliphatic carbocycles. The molecule has 0 fully saturated rings.